The summed E-state index contributed by atoms with van der Waals surface area (Å²) in [6.07, 6.45) is 7.13. The van der Waals surface area contributed by atoms with Gasteiger partial charge in [-0.15, -0.1) is 8.58 Å². The van der Waals surface area contributed by atoms with E-state index in [1.165, 1.54) is 47.2 Å². The summed E-state index contributed by atoms with van der Waals surface area (Å²) in [7, 11) is 1.05. The van der Waals surface area contributed by atoms with Crippen LogP contribution in [0.5, 0.6) is 0 Å². The quantitative estimate of drug-likeness (QED) is 0.740. The zero-order valence-corrected chi connectivity index (χ0v) is 11.1. The molecule has 0 aliphatic heterocycles. The van der Waals surface area contributed by atoms with Crippen molar-refractivity contribution in [2.45, 2.75) is 32.9 Å². The van der Waals surface area contributed by atoms with E-state index in [0.717, 1.165) is 8.58 Å². The van der Waals surface area contributed by atoms with E-state index in [4.69, 9.17) is 0 Å². The molecule has 0 amide bonds. The third kappa shape index (κ3) is 2.30. The number of aromatic nitrogens is 1. The van der Waals surface area contributed by atoms with Crippen molar-refractivity contribution in [2.24, 2.45) is 0 Å². The van der Waals surface area contributed by atoms with Crippen molar-refractivity contribution < 1.29 is 0 Å². The third-order valence-corrected chi connectivity index (χ3v) is 4.09. The first-order valence-electron chi connectivity index (χ1n) is 6.15. The molecule has 2 rings (SSSR count). The number of hydrogen-bond donors (Lipinski definition) is 1. The van der Waals surface area contributed by atoms with Gasteiger partial charge in [0.1, 0.15) is 0 Å². The average Bonchev–Trinajstić information content (AvgIpc) is 2.71. The molecular weight excluding hydrogens is 213 g/mol. The molecule has 2 heteroatoms. The number of rotatable bonds is 5. The molecule has 1 heterocycles. The van der Waals surface area contributed by atoms with Crippen molar-refractivity contribution in [3.8, 4) is 0 Å². The number of fused-ring (bicyclic) bond motifs is 1. The molecule has 1 N–H and O–H groups in total. The van der Waals surface area contributed by atoms with Gasteiger partial charge in [0.15, 0.2) is 0 Å². The van der Waals surface area contributed by atoms with Crippen molar-refractivity contribution in [3.05, 3.63) is 35.5 Å². The molecule has 2 aromatic rings. The summed E-state index contributed by atoms with van der Waals surface area (Å²) in [6, 6.07) is 6.65. The van der Waals surface area contributed by atoms with Crippen LogP contribution in [0.15, 0.2) is 24.4 Å². The standard InChI is InChI=1S/C14H20NP/c1-3-6-11-9-15-13-8-5-7-12(14(11)13)10-16-4-2/h5,7-9,15-16H,3-4,6,10H2,1-2H3. The monoisotopic (exact) mass is 233 g/mol. The number of hydrogen-bond acceptors (Lipinski definition) is 0. The Bertz CT molecular complexity index is 459. The Labute approximate surface area is 99.4 Å². The molecular formula is C14H20NP. The van der Waals surface area contributed by atoms with Crippen molar-refractivity contribution in [2.75, 3.05) is 6.16 Å². The van der Waals surface area contributed by atoms with E-state index < -0.39 is 0 Å². The minimum atomic E-state index is 1.05. The highest BCUT2D eigenvalue weighted by Crippen LogP contribution is 2.28. The van der Waals surface area contributed by atoms with Gasteiger partial charge in [-0.3, -0.25) is 0 Å². The highest BCUT2D eigenvalue weighted by atomic mass is 31.1. The van der Waals surface area contributed by atoms with E-state index in [1.54, 1.807) is 0 Å². The van der Waals surface area contributed by atoms with E-state index in [1.807, 2.05) is 0 Å². The Hall–Kier alpha value is -0.810. The van der Waals surface area contributed by atoms with Crippen LogP contribution in [0.3, 0.4) is 0 Å². The van der Waals surface area contributed by atoms with Crippen LogP contribution < -0.4 is 0 Å². The van der Waals surface area contributed by atoms with E-state index in [0.29, 0.717) is 0 Å². The van der Waals surface area contributed by atoms with Crippen LogP contribution >= 0.6 is 8.58 Å². The van der Waals surface area contributed by atoms with Gasteiger partial charge in [-0.1, -0.05) is 32.4 Å². The van der Waals surface area contributed by atoms with Crippen molar-refractivity contribution in [3.63, 3.8) is 0 Å². The molecule has 1 aromatic heterocycles. The van der Waals surface area contributed by atoms with Gasteiger partial charge in [0.25, 0.3) is 0 Å². The molecule has 1 atom stereocenters. The Balaban J connectivity index is 2.41. The van der Waals surface area contributed by atoms with Crippen LogP contribution in [0.4, 0.5) is 0 Å². The highest BCUT2D eigenvalue weighted by Gasteiger charge is 2.07. The molecule has 86 valence electrons. The summed E-state index contributed by atoms with van der Waals surface area (Å²) in [4.78, 5) is 3.39. The predicted octanol–water partition coefficient (Wildman–Crippen LogP) is 4.32. The lowest BCUT2D eigenvalue weighted by molar-refractivity contribution is 0.928. The lowest BCUT2D eigenvalue weighted by Crippen LogP contribution is -1.86. The van der Waals surface area contributed by atoms with Gasteiger partial charge < -0.3 is 4.98 Å². The Kier molecular flexibility index (Phi) is 4.01. The van der Waals surface area contributed by atoms with Gasteiger partial charge in [0.05, 0.1) is 0 Å². The maximum Gasteiger partial charge on any atom is 0.0459 e. The zero-order valence-electron chi connectivity index (χ0n) is 10.1. The lowest BCUT2D eigenvalue weighted by atomic mass is 10.0. The minimum absolute atomic E-state index is 1.05. The first-order chi connectivity index (χ1) is 7.86. The maximum atomic E-state index is 3.39. The molecule has 0 bridgehead atoms. The predicted molar refractivity (Wildman–Crippen MR) is 74.9 cm³/mol. The summed E-state index contributed by atoms with van der Waals surface area (Å²) in [5.74, 6) is 0. The van der Waals surface area contributed by atoms with Gasteiger partial charge in [-0.05, 0) is 35.9 Å². The minimum Gasteiger partial charge on any atom is -0.361 e. The van der Waals surface area contributed by atoms with Crippen molar-refractivity contribution in [1.29, 1.82) is 0 Å². The smallest absolute Gasteiger partial charge is 0.0459 e. The molecule has 0 aliphatic rings. The number of H-pyrrole nitrogens is 1. The van der Waals surface area contributed by atoms with Crippen molar-refractivity contribution >= 4 is 19.5 Å². The molecule has 0 saturated carbocycles. The Morgan fingerprint density at radius 2 is 2.06 bits per heavy atom. The lowest BCUT2D eigenvalue weighted by Gasteiger charge is -2.05. The first kappa shape index (κ1) is 11.7. The number of nitrogens with one attached hydrogen (secondary N) is 1. The number of benzene rings is 1. The van der Waals surface area contributed by atoms with Gasteiger partial charge >= 0.3 is 0 Å². The molecule has 0 saturated heterocycles. The fourth-order valence-electron chi connectivity index (χ4n) is 2.21. The van der Waals surface area contributed by atoms with E-state index in [-0.39, 0.29) is 0 Å². The van der Waals surface area contributed by atoms with Gasteiger partial charge in [-0.2, -0.15) is 0 Å². The molecule has 0 fully saturated rings. The summed E-state index contributed by atoms with van der Waals surface area (Å²) in [6.45, 7) is 4.51. The van der Waals surface area contributed by atoms with E-state index in [9.17, 15) is 0 Å². The van der Waals surface area contributed by atoms with E-state index >= 15 is 0 Å². The Morgan fingerprint density at radius 3 is 2.81 bits per heavy atom. The second kappa shape index (κ2) is 5.50. The number of aryl methyl sites for hydroxylation is 1. The molecule has 16 heavy (non-hydrogen) atoms. The molecule has 1 unspecified atom stereocenters. The topological polar surface area (TPSA) is 15.8 Å². The fraction of sp³-hybridized carbons (Fsp3) is 0.429. The van der Waals surface area contributed by atoms with Crippen LogP contribution in [-0.4, -0.2) is 11.1 Å². The highest BCUT2D eigenvalue weighted by molar-refractivity contribution is 7.37. The largest absolute Gasteiger partial charge is 0.361 e. The van der Waals surface area contributed by atoms with Crippen LogP contribution in [-0.2, 0) is 12.6 Å². The van der Waals surface area contributed by atoms with Crippen molar-refractivity contribution in [1.82, 2.24) is 4.98 Å². The summed E-state index contributed by atoms with van der Waals surface area (Å²) >= 11 is 0. The maximum absolute atomic E-state index is 3.39. The van der Waals surface area contributed by atoms with Crippen LogP contribution in [0.25, 0.3) is 10.9 Å². The second-order valence-electron chi connectivity index (χ2n) is 4.18. The summed E-state index contributed by atoms with van der Waals surface area (Å²) in [5.41, 5.74) is 4.33. The molecule has 0 aliphatic carbocycles. The molecule has 1 aromatic carbocycles. The zero-order chi connectivity index (χ0) is 11.4. The average molecular weight is 233 g/mol. The van der Waals surface area contributed by atoms with Gasteiger partial charge in [-0.25, -0.2) is 0 Å². The SMILES string of the molecule is CCCc1c[nH]c2cccc(CPCC)c12. The second-order valence-corrected chi connectivity index (χ2v) is 5.74. The fourth-order valence-corrected chi connectivity index (χ4v) is 3.02. The summed E-state index contributed by atoms with van der Waals surface area (Å²) in [5, 5.41) is 1.49. The van der Waals surface area contributed by atoms with Crippen LogP contribution in [0.1, 0.15) is 31.4 Å². The first-order valence-corrected chi connectivity index (χ1v) is 7.56. The van der Waals surface area contributed by atoms with Crippen LogP contribution in [0, 0.1) is 0 Å². The molecule has 0 radical (unpaired) electrons. The van der Waals surface area contributed by atoms with Gasteiger partial charge in [0, 0.05) is 17.1 Å². The third-order valence-electron chi connectivity index (χ3n) is 2.96. The van der Waals surface area contributed by atoms with Gasteiger partial charge in [0.2, 0.25) is 0 Å². The number of aromatic amines is 1. The van der Waals surface area contributed by atoms with E-state index in [2.05, 4.69) is 43.2 Å². The molecule has 0 spiro atoms. The normalized spacial score (nSPS) is 11.9. The van der Waals surface area contributed by atoms with Crippen LogP contribution in [0.2, 0.25) is 0 Å². The molecule has 1 nitrogen and oxygen atoms in total. The summed E-state index contributed by atoms with van der Waals surface area (Å²) < 4.78 is 0. The Morgan fingerprint density at radius 1 is 1.19 bits per heavy atom.